The maximum Gasteiger partial charge on any atom is 0.340 e. The number of aromatic nitrogens is 1. The molecule has 78 valence electrons. The summed E-state index contributed by atoms with van der Waals surface area (Å²) in [6.07, 6.45) is 1.67. The lowest BCUT2D eigenvalue weighted by Crippen LogP contribution is -2.03. The Morgan fingerprint density at radius 1 is 1.53 bits per heavy atom. The number of hydrogen-bond acceptors (Lipinski definition) is 2. The van der Waals surface area contributed by atoms with Gasteiger partial charge < -0.3 is 9.72 Å². The van der Waals surface area contributed by atoms with Gasteiger partial charge >= 0.3 is 5.97 Å². The second-order valence-electron chi connectivity index (χ2n) is 3.09. The molecule has 0 aliphatic rings. The van der Waals surface area contributed by atoms with Crippen LogP contribution in [0.2, 0.25) is 0 Å². The van der Waals surface area contributed by atoms with Crippen LogP contribution in [0, 0.1) is 0 Å². The number of rotatable bonds is 2. The molecule has 1 aromatic heterocycles. The van der Waals surface area contributed by atoms with E-state index in [1.807, 2.05) is 18.2 Å². The zero-order valence-corrected chi connectivity index (χ0v) is 9.80. The second kappa shape index (κ2) is 4.06. The molecule has 3 nitrogen and oxygen atoms in total. The fraction of sp³-hybridized carbons (Fsp3) is 0.182. The van der Waals surface area contributed by atoms with Crippen molar-refractivity contribution < 1.29 is 9.53 Å². The van der Waals surface area contributed by atoms with Gasteiger partial charge in [0.25, 0.3) is 0 Å². The molecular formula is C11H10BrNO2. The van der Waals surface area contributed by atoms with Crippen molar-refractivity contribution in [2.24, 2.45) is 0 Å². The van der Waals surface area contributed by atoms with Crippen LogP contribution in [0.5, 0.6) is 0 Å². The molecule has 1 N–H and O–H groups in total. The summed E-state index contributed by atoms with van der Waals surface area (Å²) < 4.78 is 5.90. The van der Waals surface area contributed by atoms with Gasteiger partial charge in [0, 0.05) is 16.1 Å². The summed E-state index contributed by atoms with van der Waals surface area (Å²) in [4.78, 5) is 14.6. The van der Waals surface area contributed by atoms with Gasteiger partial charge in [0.05, 0.1) is 17.7 Å². The fourth-order valence-electron chi connectivity index (χ4n) is 1.50. The standard InChI is InChI=1S/C11H10BrNO2/c1-2-15-11(14)8-6-13-10-7(8)4-3-5-9(10)12/h3-6,13H,2H2,1H3. The first-order valence-corrected chi connectivity index (χ1v) is 5.46. The molecule has 0 atom stereocenters. The van der Waals surface area contributed by atoms with Crippen LogP contribution in [0.3, 0.4) is 0 Å². The van der Waals surface area contributed by atoms with Crippen LogP contribution in [0.1, 0.15) is 17.3 Å². The quantitative estimate of drug-likeness (QED) is 0.850. The summed E-state index contributed by atoms with van der Waals surface area (Å²) in [5, 5.41) is 0.878. The van der Waals surface area contributed by atoms with Crippen LogP contribution < -0.4 is 0 Å². The van der Waals surface area contributed by atoms with Crippen LogP contribution in [0.15, 0.2) is 28.9 Å². The molecule has 2 aromatic rings. The number of aromatic amines is 1. The van der Waals surface area contributed by atoms with Crippen molar-refractivity contribution in [2.45, 2.75) is 6.92 Å². The van der Waals surface area contributed by atoms with Crippen molar-refractivity contribution in [3.8, 4) is 0 Å². The van der Waals surface area contributed by atoms with E-state index in [9.17, 15) is 4.79 Å². The van der Waals surface area contributed by atoms with Crippen molar-refractivity contribution in [3.05, 3.63) is 34.4 Å². The van der Waals surface area contributed by atoms with Crippen molar-refractivity contribution in [1.82, 2.24) is 4.98 Å². The SMILES string of the molecule is CCOC(=O)c1c[nH]c2c(Br)cccc12. The minimum absolute atomic E-state index is 0.290. The third-order valence-electron chi connectivity index (χ3n) is 2.16. The smallest absolute Gasteiger partial charge is 0.340 e. The first-order valence-electron chi connectivity index (χ1n) is 4.66. The topological polar surface area (TPSA) is 42.1 Å². The Labute approximate surface area is 95.6 Å². The second-order valence-corrected chi connectivity index (χ2v) is 3.94. The van der Waals surface area contributed by atoms with Gasteiger partial charge in [0.15, 0.2) is 0 Å². The minimum atomic E-state index is -0.290. The lowest BCUT2D eigenvalue weighted by molar-refractivity contribution is 0.0529. The molecule has 0 unspecified atom stereocenters. The molecule has 15 heavy (non-hydrogen) atoms. The Bertz CT molecular complexity index is 504. The summed E-state index contributed by atoms with van der Waals surface area (Å²) in [5.41, 5.74) is 1.49. The third kappa shape index (κ3) is 1.77. The van der Waals surface area contributed by atoms with Crippen LogP contribution in [-0.4, -0.2) is 17.6 Å². The Morgan fingerprint density at radius 3 is 3.07 bits per heavy atom. The largest absolute Gasteiger partial charge is 0.462 e. The van der Waals surface area contributed by atoms with Gasteiger partial charge in [-0.1, -0.05) is 12.1 Å². The highest BCUT2D eigenvalue weighted by Crippen LogP contribution is 2.25. The Morgan fingerprint density at radius 2 is 2.33 bits per heavy atom. The molecule has 0 bridgehead atoms. The number of carbonyl (C=O) groups is 1. The third-order valence-corrected chi connectivity index (χ3v) is 2.82. The molecule has 1 heterocycles. The van der Waals surface area contributed by atoms with E-state index < -0.39 is 0 Å². The van der Waals surface area contributed by atoms with Gasteiger partial charge in [-0.2, -0.15) is 0 Å². The normalized spacial score (nSPS) is 10.5. The van der Waals surface area contributed by atoms with Crippen LogP contribution >= 0.6 is 15.9 Å². The predicted octanol–water partition coefficient (Wildman–Crippen LogP) is 3.11. The van der Waals surface area contributed by atoms with E-state index in [0.717, 1.165) is 15.4 Å². The Balaban J connectivity index is 2.54. The highest BCUT2D eigenvalue weighted by molar-refractivity contribution is 9.10. The highest BCUT2D eigenvalue weighted by Gasteiger charge is 2.13. The molecule has 1 aromatic carbocycles. The molecule has 0 aliphatic heterocycles. The van der Waals surface area contributed by atoms with Crippen molar-refractivity contribution in [1.29, 1.82) is 0 Å². The zero-order chi connectivity index (χ0) is 10.8. The molecule has 0 spiro atoms. The minimum Gasteiger partial charge on any atom is -0.462 e. The summed E-state index contributed by atoms with van der Waals surface area (Å²) in [6.45, 7) is 2.18. The molecule has 0 fully saturated rings. The number of halogens is 1. The molecule has 0 amide bonds. The number of benzene rings is 1. The maximum absolute atomic E-state index is 11.6. The molecule has 2 rings (SSSR count). The number of hydrogen-bond donors (Lipinski definition) is 1. The van der Waals surface area contributed by atoms with E-state index in [1.54, 1.807) is 13.1 Å². The van der Waals surface area contributed by atoms with E-state index in [2.05, 4.69) is 20.9 Å². The number of carbonyl (C=O) groups excluding carboxylic acids is 1. The number of para-hydroxylation sites is 1. The Hall–Kier alpha value is -1.29. The average molecular weight is 268 g/mol. The summed E-state index contributed by atoms with van der Waals surface area (Å²) in [5.74, 6) is -0.290. The van der Waals surface area contributed by atoms with Crippen molar-refractivity contribution in [2.75, 3.05) is 6.61 Å². The van der Waals surface area contributed by atoms with E-state index in [-0.39, 0.29) is 5.97 Å². The Kier molecular flexibility index (Phi) is 2.77. The number of ether oxygens (including phenoxy) is 1. The van der Waals surface area contributed by atoms with Gasteiger partial charge in [-0.05, 0) is 28.9 Å². The lowest BCUT2D eigenvalue weighted by atomic mass is 10.2. The maximum atomic E-state index is 11.6. The van der Waals surface area contributed by atoms with Gasteiger partial charge in [-0.25, -0.2) is 4.79 Å². The zero-order valence-electron chi connectivity index (χ0n) is 8.21. The van der Waals surface area contributed by atoms with Gasteiger partial charge in [-0.15, -0.1) is 0 Å². The van der Waals surface area contributed by atoms with Gasteiger partial charge in [0.1, 0.15) is 0 Å². The molecular weight excluding hydrogens is 258 g/mol. The van der Waals surface area contributed by atoms with E-state index in [4.69, 9.17) is 4.74 Å². The van der Waals surface area contributed by atoms with Crippen LogP contribution in [-0.2, 0) is 4.74 Å². The van der Waals surface area contributed by atoms with Gasteiger partial charge in [0.2, 0.25) is 0 Å². The van der Waals surface area contributed by atoms with E-state index in [0.29, 0.717) is 12.2 Å². The number of esters is 1. The molecule has 0 radical (unpaired) electrons. The van der Waals surface area contributed by atoms with E-state index >= 15 is 0 Å². The first-order chi connectivity index (χ1) is 7.24. The fourth-order valence-corrected chi connectivity index (χ4v) is 1.98. The van der Waals surface area contributed by atoms with Crippen molar-refractivity contribution >= 4 is 32.8 Å². The molecule has 0 saturated carbocycles. The number of H-pyrrole nitrogens is 1. The summed E-state index contributed by atoms with van der Waals surface area (Å²) in [6, 6.07) is 5.71. The first kappa shape index (κ1) is 10.2. The molecule has 0 aliphatic carbocycles. The van der Waals surface area contributed by atoms with Gasteiger partial charge in [-0.3, -0.25) is 0 Å². The number of nitrogens with one attached hydrogen (secondary N) is 1. The number of fused-ring (bicyclic) bond motifs is 1. The summed E-state index contributed by atoms with van der Waals surface area (Å²) in [7, 11) is 0. The van der Waals surface area contributed by atoms with Crippen molar-refractivity contribution in [3.63, 3.8) is 0 Å². The predicted molar refractivity (Wildman–Crippen MR) is 62.0 cm³/mol. The monoisotopic (exact) mass is 267 g/mol. The lowest BCUT2D eigenvalue weighted by Gasteiger charge is -1.99. The van der Waals surface area contributed by atoms with Crippen LogP contribution in [0.4, 0.5) is 0 Å². The van der Waals surface area contributed by atoms with E-state index in [1.165, 1.54) is 0 Å². The highest BCUT2D eigenvalue weighted by atomic mass is 79.9. The molecule has 0 saturated heterocycles. The molecule has 4 heteroatoms. The average Bonchev–Trinajstić information content (AvgIpc) is 2.63. The van der Waals surface area contributed by atoms with Crippen LogP contribution in [0.25, 0.3) is 10.9 Å². The summed E-state index contributed by atoms with van der Waals surface area (Å²) >= 11 is 3.41.